The van der Waals surface area contributed by atoms with Gasteiger partial charge >= 0.3 is 18.6 Å². The van der Waals surface area contributed by atoms with E-state index in [4.69, 9.17) is 32.5 Å². The Bertz CT molecular complexity index is 1330. The quantitative estimate of drug-likeness (QED) is 0.456. The monoisotopic (exact) mass is 588 g/mol. The second kappa shape index (κ2) is 10.6. The number of rotatable bonds is 8. The Morgan fingerprint density at radius 2 is 1.68 bits per heavy atom. The first-order valence-electron chi connectivity index (χ1n) is 13.2. The van der Waals surface area contributed by atoms with E-state index in [0.717, 1.165) is 5.69 Å². The maximum Gasteiger partial charge on any atom is 0.606 e. The van der Waals surface area contributed by atoms with Gasteiger partial charge in [-0.1, -0.05) is 55.2 Å². The molecule has 3 aliphatic rings. The summed E-state index contributed by atoms with van der Waals surface area (Å²) in [4.78, 5) is 54.5. The van der Waals surface area contributed by atoms with Gasteiger partial charge in [-0.2, -0.15) is 0 Å². The number of nitrogens with one attached hydrogen (secondary N) is 2. The second-order valence-electron chi connectivity index (χ2n) is 11.2. The molecule has 0 bridgehead atoms. The number of halogens is 2. The molecule has 0 spiro atoms. The summed E-state index contributed by atoms with van der Waals surface area (Å²) in [7, 11) is 1.82. The highest BCUT2D eigenvalue weighted by Gasteiger charge is 2.78. The number of quaternary nitrogens is 1. The van der Waals surface area contributed by atoms with Crippen LogP contribution in [0.1, 0.15) is 30.6 Å². The van der Waals surface area contributed by atoms with Crippen molar-refractivity contribution in [2.75, 3.05) is 31.6 Å². The van der Waals surface area contributed by atoms with E-state index >= 15 is 0 Å². The van der Waals surface area contributed by atoms with Crippen LogP contribution in [0, 0.1) is 5.92 Å². The summed E-state index contributed by atoms with van der Waals surface area (Å²) in [5, 5.41) is 5.99. The van der Waals surface area contributed by atoms with E-state index in [1.807, 2.05) is 56.1 Å². The van der Waals surface area contributed by atoms with Gasteiger partial charge in [-0.05, 0) is 42.7 Å². The predicted molar refractivity (Wildman–Crippen MR) is 151 cm³/mol. The van der Waals surface area contributed by atoms with Crippen LogP contribution in [0.2, 0.25) is 10.0 Å². The molecule has 2 aromatic rings. The van der Waals surface area contributed by atoms with Crippen LogP contribution in [-0.4, -0.2) is 79.5 Å². The summed E-state index contributed by atoms with van der Waals surface area (Å²) in [6.07, 6.45) is 0.385. The van der Waals surface area contributed by atoms with E-state index in [-0.39, 0.29) is 27.4 Å². The number of amides is 2. The third-order valence-corrected chi connectivity index (χ3v) is 8.87. The zero-order valence-electron chi connectivity index (χ0n) is 22.4. The molecule has 3 fully saturated rings. The Balaban J connectivity index is 1.38. The summed E-state index contributed by atoms with van der Waals surface area (Å²) in [5.74, 6) is -2.76. The molecule has 0 aliphatic carbocycles. The van der Waals surface area contributed by atoms with E-state index < -0.39 is 48.5 Å². The fraction of sp³-hybridized carbons (Fsp3) is 0.407. The van der Waals surface area contributed by atoms with Crippen LogP contribution in [0.15, 0.2) is 48.5 Å². The van der Waals surface area contributed by atoms with Gasteiger partial charge in [-0.3, -0.25) is 9.59 Å². The second-order valence-corrected chi connectivity index (χ2v) is 12.1. The number of hydrogen-bond donors (Lipinski definition) is 2. The average molecular weight is 589 g/mol. The zero-order valence-corrected chi connectivity index (χ0v) is 23.9. The number of carbonyl (C=O) groups excluding carboxylic acids is 4. The fourth-order valence-corrected chi connectivity index (χ4v) is 6.71. The minimum Gasteiger partial charge on any atom is -0.599 e. The number of carbonyl (C=O) groups is 4. The number of likely N-dealkylation sites (N-methyl/N-ethyl adjacent to an activating group) is 1. The van der Waals surface area contributed by atoms with Crippen molar-refractivity contribution < 1.29 is 32.9 Å². The van der Waals surface area contributed by atoms with E-state index in [0.29, 0.717) is 24.5 Å². The van der Waals surface area contributed by atoms with Crippen LogP contribution in [0.4, 0.5) is 5.69 Å². The van der Waals surface area contributed by atoms with Gasteiger partial charge in [0.2, 0.25) is 5.91 Å². The van der Waals surface area contributed by atoms with Crippen molar-refractivity contribution in [1.82, 2.24) is 10.6 Å². The van der Waals surface area contributed by atoms with E-state index in [1.165, 1.54) is 12.1 Å². The number of piperazine rings is 1. The lowest BCUT2D eigenvalue weighted by Gasteiger charge is -2.54. The van der Waals surface area contributed by atoms with Crippen LogP contribution in [0.5, 0.6) is 0 Å². The lowest BCUT2D eigenvalue weighted by Crippen LogP contribution is -2.78. The van der Waals surface area contributed by atoms with Crippen molar-refractivity contribution in [2.45, 2.75) is 38.3 Å². The van der Waals surface area contributed by atoms with E-state index in [1.54, 1.807) is 6.07 Å². The van der Waals surface area contributed by atoms with Gasteiger partial charge in [-0.25, -0.2) is 9.59 Å². The molecule has 212 valence electrons. The summed E-state index contributed by atoms with van der Waals surface area (Å²) in [6, 6.07) is 12.7. The third kappa shape index (κ3) is 4.69. The number of benzene rings is 2. The molecular weight excluding hydrogens is 558 g/mol. The molecule has 0 radical (unpaired) electrons. The number of anilines is 1. The van der Waals surface area contributed by atoms with Gasteiger partial charge in [0, 0.05) is 17.8 Å². The van der Waals surface area contributed by atoms with Crippen LogP contribution < -0.4 is 15.5 Å². The molecule has 10 nitrogen and oxygen atoms in total. The fourth-order valence-electron chi connectivity index (χ4n) is 6.34. The third-order valence-electron chi connectivity index (χ3n) is 8.30. The summed E-state index contributed by atoms with van der Waals surface area (Å²) < 4.78 is 12.0. The summed E-state index contributed by atoms with van der Waals surface area (Å²) >= 11 is 12.1. The van der Waals surface area contributed by atoms with Crippen LogP contribution >= 0.6 is 23.2 Å². The Morgan fingerprint density at radius 3 is 2.27 bits per heavy atom. The topological polar surface area (TPSA) is 114 Å². The Labute approximate surface area is 242 Å². The first-order valence-corrected chi connectivity index (χ1v) is 14.0. The van der Waals surface area contributed by atoms with Crippen molar-refractivity contribution >= 4 is 59.3 Å². The minimum absolute atomic E-state index is 0.0524. The predicted octanol–water partition coefficient (Wildman–Crippen LogP) is 2.55. The van der Waals surface area contributed by atoms with Crippen molar-refractivity contribution in [2.24, 2.45) is 5.92 Å². The number of nitrogens with zero attached hydrogens (tertiary/aromatic N) is 2. The van der Waals surface area contributed by atoms with E-state index in [9.17, 15) is 19.2 Å². The Hall–Kier alpha value is -3.28. The highest BCUT2D eigenvalue weighted by molar-refractivity contribution is 6.68. The normalized spacial score (nSPS) is 27.6. The van der Waals surface area contributed by atoms with Crippen LogP contribution in [-0.2, 0) is 23.7 Å². The summed E-state index contributed by atoms with van der Waals surface area (Å²) in [6.45, 7) is 1.60. The Morgan fingerprint density at radius 1 is 1.05 bits per heavy atom. The largest absolute Gasteiger partial charge is 0.606 e. The molecule has 3 heterocycles. The van der Waals surface area contributed by atoms with Gasteiger partial charge in [0.15, 0.2) is 12.1 Å². The van der Waals surface area contributed by atoms with Gasteiger partial charge in [0.25, 0.3) is 5.91 Å². The van der Waals surface area contributed by atoms with Crippen molar-refractivity contribution in [3.05, 3.63) is 64.1 Å². The molecule has 5 rings (SSSR count). The highest BCUT2D eigenvalue weighted by Crippen LogP contribution is 2.47. The standard InChI is InChI=1S/C27H31BCl2N4O6/c1-16(2)11-23(32-24(35)13-31-25(36)19-12-17(29)9-10-20(19)30)28-34(3)21(26(37)39-28)14-33(15-22(34)27(38)40-28)18-7-5-4-6-8-18/h4-10,12,16,21-23H,11,13-15H2,1-3H3,(H,31,36)(H,32,35)/t21-,22+,23-,28?,34?/m0/s1. The molecule has 3 aliphatic heterocycles. The van der Waals surface area contributed by atoms with Gasteiger partial charge < -0.3 is 29.2 Å². The zero-order chi connectivity index (χ0) is 28.8. The Kier molecular flexibility index (Phi) is 7.49. The molecule has 2 aromatic carbocycles. The molecular formula is C27H31BCl2N4O6. The molecule has 40 heavy (non-hydrogen) atoms. The van der Waals surface area contributed by atoms with Gasteiger partial charge in [-0.15, -0.1) is 0 Å². The molecule has 13 heteroatoms. The average Bonchev–Trinajstić information content (AvgIpc) is 3.28. The van der Waals surface area contributed by atoms with Gasteiger partial charge in [0.05, 0.1) is 36.2 Å². The van der Waals surface area contributed by atoms with Crippen molar-refractivity contribution in [3.63, 3.8) is 0 Å². The maximum absolute atomic E-state index is 13.4. The molecule has 5 atom stereocenters. The SMILES string of the molecule is CC(C)C[C@H](NC(=O)CNC(=O)c1cc(Cl)ccc1Cl)[B-]12OC(=O)[C@H]3CN(c4ccccc4)C[C@@H](C(=O)O1)[N+]32C. The van der Waals surface area contributed by atoms with Crippen molar-refractivity contribution in [1.29, 1.82) is 0 Å². The first kappa shape index (κ1) is 28.3. The molecule has 3 saturated heterocycles. The number of para-hydroxylation sites is 1. The summed E-state index contributed by atoms with van der Waals surface area (Å²) in [5.41, 5.74) is 1.03. The lowest BCUT2D eigenvalue weighted by atomic mass is 9.56. The van der Waals surface area contributed by atoms with E-state index in [2.05, 4.69) is 10.6 Å². The van der Waals surface area contributed by atoms with Crippen LogP contribution in [0.3, 0.4) is 0 Å². The maximum atomic E-state index is 13.4. The smallest absolute Gasteiger partial charge is 0.599 e. The molecule has 0 saturated carbocycles. The molecule has 0 aromatic heterocycles. The molecule has 2 N–H and O–H groups in total. The highest BCUT2D eigenvalue weighted by atomic mass is 35.5. The van der Waals surface area contributed by atoms with Crippen molar-refractivity contribution in [3.8, 4) is 0 Å². The first-order chi connectivity index (χ1) is 19.0. The molecule has 2 unspecified atom stereocenters. The van der Waals surface area contributed by atoms with Crippen LogP contribution in [0.25, 0.3) is 0 Å². The number of hydrogen-bond acceptors (Lipinski definition) is 7. The van der Waals surface area contributed by atoms with Gasteiger partial charge in [0.1, 0.15) is 0 Å². The minimum atomic E-state index is -2.63. The molecule has 2 amide bonds. The lowest BCUT2D eigenvalue weighted by molar-refractivity contribution is -0.845.